The maximum Gasteiger partial charge on any atom is 0.205 e. The monoisotopic (exact) mass is 674 g/mol. The lowest BCUT2D eigenvalue weighted by molar-refractivity contribution is 0.320. The van der Waals surface area contributed by atoms with E-state index >= 15 is 0 Å². The van der Waals surface area contributed by atoms with Gasteiger partial charge in [0.1, 0.15) is 0 Å². The van der Waals surface area contributed by atoms with E-state index < -0.39 is 0 Å². The highest BCUT2D eigenvalue weighted by atomic mass is 79.9. The highest BCUT2D eigenvalue weighted by Crippen LogP contribution is 2.59. The molecule has 0 radical (unpaired) electrons. The van der Waals surface area contributed by atoms with Crippen molar-refractivity contribution in [1.82, 2.24) is 0 Å². The number of hydrogen-bond donors (Lipinski definition) is 0. The zero-order valence-electron chi connectivity index (χ0n) is 17.4. The van der Waals surface area contributed by atoms with Gasteiger partial charge in [-0.05, 0) is 43.0 Å². The fourth-order valence-electron chi connectivity index (χ4n) is 3.31. The minimum absolute atomic E-state index is 0.458. The Morgan fingerprint density at radius 1 is 0.467 bits per heavy atom. The van der Waals surface area contributed by atoms with Crippen molar-refractivity contribution in [2.24, 2.45) is 0 Å². The zero-order chi connectivity index (χ0) is 22.6. The van der Waals surface area contributed by atoms with E-state index in [4.69, 9.17) is 28.4 Å². The van der Waals surface area contributed by atoms with E-state index in [0.29, 0.717) is 45.2 Å². The quantitative estimate of drug-likeness (QED) is 0.275. The van der Waals surface area contributed by atoms with Gasteiger partial charge in [0.25, 0.3) is 0 Å². The van der Waals surface area contributed by atoms with Gasteiger partial charge in [0.2, 0.25) is 11.5 Å². The normalized spacial score (nSPS) is 10.6. The van der Waals surface area contributed by atoms with Crippen LogP contribution in [0.15, 0.2) is 8.95 Å². The zero-order valence-corrected chi connectivity index (χ0v) is 23.7. The second-order valence-corrected chi connectivity index (χ2v) is 8.51. The third-order valence-corrected chi connectivity index (χ3v) is 7.35. The number of alkyl halides is 2. The maximum absolute atomic E-state index is 5.83. The van der Waals surface area contributed by atoms with Crippen LogP contribution < -0.4 is 28.4 Å². The Balaban J connectivity index is 3.22. The average molecular weight is 678 g/mol. The standard InChI is InChI=1S/C20H22Br4O6/c1-25-15-11(9(7-21)13(23)17(27-3)19(15)29-5)12-10(8-22)14(24)18(28-4)20(30-6)16(12)26-2/h7-8H2,1-6H3. The Labute approximate surface area is 210 Å². The molecule has 0 saturated heterocycles. The fourth-order valence-corrected chi connectivity index (χ4v) is 6.54. The van der Waals surface area contributed by atoms with Gasteiger partial charge in [-0.2, -0.15) is 0 Å². The van der Waals surface area contributed by atoms with E-state index in [1.165, 1.54) is 0 Å². The average Bonchev–Trinajstić information content (AvgIpc) is 2.76. The molecule has 0 aliphatic carbocycles. The number of benzene rings is 2. The second kappa shape index (κ2) is 11.2. The second-order valence-electron chi connectivity index (χ2n) is 5.80. The molecule has 0 saturated carbocycles. The van der Waals surface area contributed by atoms with Crippen molar-refractivity contribution in [3.05, 3.63) is 20.1 Å². The molecule has 0 amide bonds. The highest BCUT2D eigenvalue weighted by molar-refractivity contribution is 9.11. The van der Waals surface area contributed by atoms with Crippen molar-refractivity contribution in [3.8, 4) is 45.6 Å². The summed E-state index contributed by atoms with van der Waals surface area (Å²) in [5.74, 6) is 3.00. The highest BCUT2D eigenvalue weighted by Gasteiger charge is 2.33. The van der Waals surface area contributed by atoms with Crippen molar-refractivity contribution in [1.29, 1.82) is 0 Å². The van der Waals surface area contributed by atoms with Crippen LogP contribution in [0.2, 0.25) is 0 Å². The topological polar surface area (TPSA) is 55.4 Å². The molecule has 6 nitrogen and oxygen atoms in total. The molecule has 0 aromatic heterocycles. The van der Waals surface area contributed by atoms with Crippen LogP contribution in [0.1, 0.15) is 11.1 Å². The summed E-state index contributed by atoms with van der Waals surface area (Å²) in [6.07, 6.45) is 0. The first-order chi connectivity index (χ1) is 14.4. The van der Waals surface area contributed by atoms with E-state index in [9.17, 15) is 0 Å². The summed E-state index contributed by atoms with van der Waals surface area (Å²) in [6.45, 7) is 0. The molecule has 0 aliphatic rings. The van der Waals surface area contributed by atoms with Gasteiger partial charge in [-0.25, -0.2) is 0 Å². The Morgan fingerprint density at radius 2 is 0.733 bits per heavy atom. The first-order valence-corrected chi connectivity index (χ1v) is 12.4. The van der Waals surface area contributed by atoms with E-state index in [0.717, 1.165) is 31.2 Å². The molecule has 2 aromatic carbocycles. The van der Waals surface area contributed by atoms with Gasteiger partial charge in [0.15, 0.2) is 23.0 Å². The first-order valence-electron chi connectivity index (χ1n) is 8.54. The van der Waals surface area contributed by atoms with Gasteiger partial charge in [-0.15, -0.1) is 0 Å². The fraction of sp³-hybridized carbons (Fsp3) is 0.400. The predicted molar refractivity (Wildman–Crippen MR) is 132 cm³/mol. The molecule has 0 atom stereocenters. The Hall–Kier alpha value is -0.840. The van der Waals surface area contributed by atoms with E-state index in [1.54, 1.807) is 42.7 Å². The third-order valence-electron chi connectivity index (χ3n) is 4.55. The van der Waals surface area contributed by atoms with Crippen molar-refractivity contribution < 1.29 is 28.4 Å². The van der Waals surface area contributed by atoms with E-state index in [-0.39, 0.29) is 0 Å². The molecule has 2 rings (SSSR count). The molecule has 10 heteroatoms. The van der Waals surface area contributed by atoms with Crippen LogP contribution in [-0.4, -0.2) is 42.7 Å². The van der Waals surface area contributed by atoms with Gasteiger partial charge in [0.05, 0.1) is 51.6 Å². The molecule has 0 spiro atoms. The molecule has 0 N–H and O–H groups in total. The van der Waals surface area contributed by atoms with Crippen LogP contribution in [0.4, 0.5) is 0 Å². The van der Waals surface area contributed by atoms with Crippen LogP contribution in [0, 0.1) is 0 Å². The molecule has 2 aromatic rings. The first kappa shape index (κ1) is 25.4. The number of methoxy groups -OCH3 is 6. The van der Waals surface area contributed by atoms with Gasteiger partial charge in [0, 0.05) is 21.8 Å². The minimum Gasteiger partial charge on any atom is -0.492 e. The number of halogens is 4. The van der Waals surface area contributed by atoms with Crippen LogP contribution >= 0.6 is 63.7 Å². The molecule has 0 bridgehead atoms. The van der Waals surface area contributed by atoms with Gasteiger partial charge in [-0.1, -0.05) is 31.9 Å². The van der Waals surface area contributed by atoms with Crippen LogP contribution in [-0.2, 0) is 10.7 Å². The van der Waals surface area contributed by atoms with Crippen molar-refractivity contribution >= 4 is 63.7 Å². The summed E-state index contributed by atoms with van der Waals surface area (Å²) >= 11 is 14.5. The van der Waals surface area contributed by atoms with Gasteiger partial charge in [-0.3, -0.25) is 0 Å². The SMILES string of the molecule is COc1c(Br)c(CBr)c(-c2c(CBr)c(Br)c(OC)c(OC)c2OC)c(OC)c1OC. The van der Waals surface area contributed by atoms with Gasteiger partial charge < -0.3 is 28.4 Å². The number of ether oxygens (including phenoxy) is 6. The molecule has 0 fully saturated rings. The molecular formula is C20H22Br4O6. The minimum atomic E-state index is 0.458. The summed E-state index contributed by atoms with van der Waals surface area (Å²) in [6, 6.07) is 0. The van der Waals surface area contributed by atoms with Crippen molar-refractivity contribution in [2.45, 2.75) is 10.7 Å². The molecule has 0 heterocycles. The van der Waals surface area contributed by atoms with E-state index in [1.807, 2.05) is 0 Å². The van der Waals surface area contributed by atoms with E-state index in [2.05, 4.69) is 63.7 Å². The molecule has 166 valence electrons. The summed E-state index contributed by atoms with van der Waals surface area (Å²) in [5.41, 5.74) is 3.33. The largest absolute Gasteiger partial charge is 0.492 e. The summed E-state index contributed by atoms with van der Waals surface area (Å²) in [4.78, 5) is 0. The maximum atomic E-state index is 5.83. The molecular weight excluding hydrogens is 656 g/mol. The number of rotatable bonds is 9. The molecule has 0 unspecified atom stereocenters. The van der Waals surface area contributed by atoms with Crippen LogP contribution in [0.3, 0.4) is 0 Å². The van der Waals surface area contributed by atoms with Crippen LogP contribution in [0.25, 0.3) is 11.1 Å². The lowest BCUT2D eigenvalue weighted by atomic mass is 9.93. The summed E-state index contributed by atoms with van der Waals surface area (Å²) in [7, 11) is 9.47. The van der Waals surface area contributed by atoms with Crippen molar-refractivity contribution in [3.63, 3.8) is 0 Å². The Morgan fingerprint density at radius 3 is 0.933 bits per heavy atom. The lowest BCUT2D eigenvalue weighted by Crippen LogP contribution is -2.06. The Bertz CT molecular complexity index is 857. The van der Waals surface area contributed by atoms with Crippen molar-refractivity contribution in [2.75, 3.05) is 42.7 Å². The molecule has 0 aliphatic heterocycles. The molecule has 30 heavy (non-hydrogen) atoms. The number of hydrogen-bond acceptors (Lipinski definition) is 6. The van der Waals surface area contributed by atoms with Crippen LogP contribution in [0.5, 0.6) is 34.5 Å². The predicted octanol–water partition coefficient (Wildman–Crippen LogP) is 6.72. The Kier molecular flexibility index (Phi) is 9.45. The lowest BCUT2D eigenvalue weighted by Gasteiger charge is -2.26. The third kappa shape index (κ3) is 4.12. The van der Waals surface area contributed by atoms with Gasteiger partial charge >= 0.3 is 0 Å². The summed E-state index contributed by atoms with van der Waals surface area (Å²) in [5, 5.41) is 1.02. The summed E-state index contributed by atoms with van der Waals surface area (Å²) < 4.78 is 35.6. The smallest absolute Gasteiger partial charge is 0.205 e.